The molecule has 21 heavy (non-hydrogen) atoms. The molecule has 1 saturated heterocycles. The van der Waals surface area contributed by atoms with Crippen LogP contribution in [0.2, 0.25) is 0 Å². The van der Waals surface area contributed by atoms with Crippen LogP contribution in [0.15, 0.2) is 30.3 Å². The number of ether oxygens (including phenoxy) is 1. The number of likely N-dealkylation sites (tertiary alicyclic amines) is 1. The van der Waals surface area contributed by atoms with E-state index in [0.29, 0.717) is 12.0 Å². The number of nitrogens with two attached hydrogens (primary N) is 1. The Kier molecular flexibility index (Phi) is 7.20. The molecule has 1 unspecified atom stereocenters. The van der Waals surface area contributed by atoms with Crippen molar-refractivity contribution >= 4 is 0 Å². The fraction of sp³-hybridized carbons (Fsp3) is 0.667. The molecule has 1 atom stereocenters. The maximum Gasteiger partial charge on any atom is 0.0599 e. The van der Waals surface area contributed by atoms with Crippen LogP contribution in [-0.2, 0) is 4.74 Å². The Balaban J connectivity index is 1.62. The summed E-state index contributed by atoms with van der Waals surface area (Å²) in [7, 11) is 0. The monoisotopic (exact) mass is 290 g/mol. The Hall–Kier alpha value is -0.900. The first-order valence-electron chi connectivity index (χ1n) is 8.38. The van der Waals surface area contributed by atoms with Crippen LogP contribution in [-0.4, -0.2) is 43.8 Å². The topological polar surface area (TPSA) is 38.5 Å². The smallest absolute Gasteiger partial charge is 0.0599 e. The van der Waals surface area contributed by atoms with Crippen LogP contribution in [0.1, 0.15) is 44.1 Å². The molecule has 0 aliphatic carbocycles. The highest BCUT2D eigenvalue weighted by atomic mass is 16.5. The largest absolute Gasteiger partial charge is 0.378 e. The van der Waals surface area contributed by atoms with E-state index >= 15 is 0 Å². The third-order valence-electron chi connectivity index (χ3n) is 4.48. The average molecular weight is 290 g/mol. The molecule has 0 amide bonds. The van der Waals surface area contributed by atoms with Crippen molar-refractivity contribution in [3.63, 3.8) is 0 Å². The van der Waals surface area contributed by atoms with E-state index in [0.717, 1.165) is 19.6 Å². The molecule has 0 spiro atoms. The highest BCUT2D eigenvalue weighted by molar-refractivity contribution is 5.18. The van der Waals surface area contributed by atoms with E-state index in [1.807, 2.05) is 0 Å². The van der Waals surface area contributed by atoms with E-state index in [9.17, 15) is 0 Å². The third kappa shape index (κ3) is 5.77. The number of nitrogens with zero attached hydrogens (tertiary/aromatic N) is 1. The van der Waals surface area contributed by atoms with E-state index in [-0.39, 0.29) is 0 Å². The second-order valence-corrected chi connectivity index (χ2v) is 6.15. The Morgan fingerprint density at radius 2 is 1.95 bits per heavy atom. The molecule has 0 bridgehead atoms. The molecule has 1 aromatic rings. The van der Waals surface area contributed by atoms with Crippen molar-refractivity contribution in [1.29, 1.82) is 0 Å². The van der Waals surface area contributed by atoms with Crippen LogP contribution >= 0.6 is 0 Å². The summed E-state index contributed by atoms with van der Waals surface area (Å²) in [6.45, 7) is 7.44. The zero-order valence-electron chi connectivity index (χ0n) is 13.3. The quantitative estimate of drug-likeness (QED) is 0.748. The van der Waals surface area contributed by atoms with Crippen molar-refractivity contribution in [2.45, 2.75) is 44.6 Å². The van der Waals surface area contributed by atoms with Crippen LogP contribution in [0.4, 0.5) is 0 Å². The zero-order chi connectivity index (χ0) is 14.9. The van der Waals surface area contributed by atoms with Gasteiger partial charge < -0.3 is 15.4 Å². The Labute approximate surface area is 129 Å². The van der Waals surface area contributed by atoms with Crippen LogP contribution in [0.5, 0.6) is 0 Å². The molecule has 118 valence electrons. The molecule has 1 aromatic carbocycles. The molecule has 0 saturated carbocycles. The minimum absolute atomic E-state index is 0.458. The predicted octanol–water partition coefficient (Wildman–Crippen LogP) is 3.01. The molecule has 2 rings (SSSR count). The molecular formula is C18H30N2O. The van der Waals surface area contributed by atoms with E-state index in [4.69, 9.17) is 10.5 Å². The summed E-state index contributed by atoms with van der Waals surface area (Å²) in [4.78, 5) is 2.59. The van der Waals surface area contributed by atoms with Gasteiger partial charge in [-0.2, -0.15) is 0 Å². The molecule has 2 N–H and O–H groups in total. The second kappa shape index (κ2) is 9.19. The molecule has 1 heterocycles. The lowest BCUT2D eigenvalue weighted by atomic mass is 9.97. The summed E-state index contributed by atoms with van der Waals surface area (Å²) in [6.07, 6.45) is 5.02. The molecular weight excluding hydrogens is 260 g/mol. The van der Waals surface area contributed by atoms with E-state index in [1.165, 1.54) is 44.5 Å². The number of hydrogen-bond acceptors (Lipinski definition) is 3. The summed E-state index contributed by atoms with van der Waals surface area (Å²) in [5.74, 6) is 0.643. The van der Waals surface area contributed by atoms with Gasteiger partial charge in [-0.25, -0.2) is 0 Å². The number of piperidine rings is 1. The van der Waals surface area contributed by atoms with Gasteiger partial charge in [-0.15, -0.1) is 0 Å². The Bertz CT molecular complexity index is 374. The first kappa shape index (κ1) is 16.5. The summed E-state index contributed by atoms with van der Waals surface area (Å²) < 4.78 is 5.86. The van der Waals surface area contributed by atoms with Gasteiger partial charge in [0.1, 0.15) is 0 Å². The third-order valence-corrected chi connectivity index (χ3v) is 4.48. The van der Waals surface area contributed by atoms with Crippen molar-refractivity contribution in [2.24, 2.45) is 5.73 Å². The number of benzene rings is 1. The fourth-order valence-electron chi connectivity index (χ4n) is 2.96. The summed E-state index contributed by atoms with van der Waals surface area (Å²) >= 11 is 0. The van der Waals surface area contributed by atoms with Crippen LogP contribution in [0.3, 0.4) is 0 Å². The van der Waals surface area contributed by atoms with Gasteiger partial charge in [-0.3, -0.25) is 0 Å². The van der Waals surface area contributed by atoms with Crippen molar-refractivity contribution in [1.82, 2.24) is 4.90 Å². The molecule has 1 fully saturated rings. The van der Waals surface area contributed by atoms with E-state index in [2.05, 4.69) is 42.2 Å². The normalized spacial score (nSPS) is 18.8. The summed E-state index contributed by atoms with van der Waals surface area (Å²) in [5, 5.41) is 0. The maximum absolute atomic E-state index is 5.86. The van der Waals surface area contributed by atoms with Gasteiger partial charge in [0.2, 0.25) is 0 Å². The SMILES string of the molecule is CC(CCN1CCC(OCCCN)CC1)c1ccccc1. The Morgan fingerprint density at radius 1 is 1.24 bits per heavy atom. The van der Waals surface area contributed by atoms with Crippen molar-refractivity contribution in [3.8, 4) is 0 Å². The first-order valence-corrected chi connectivity index (χ1v) is 8.38. The van der Waals surface area contributed by atoms with Crippen LogP contribution < -0.4 is 5.73 Å². The fourth-order valence-corrected chi connectivity index (χ4v) is 2.96. The number of hydrogen-bond donors (Lipinski definition) is 1. The first-order chi connectivity index (χ1) is 10.3. The van der Waals surface area contributed by atoms with Gasteiger partial charge >= 0.3 is 0 Å². The van der Waals surface area contributed by atoms with Crippen molar-refractivity contribution in [3.05, 3.63) is 35.9 Å². The van der Waals surface area contributed by atoms with Crippen molar-refractivity contribution in [2.75, 3.05) is 32.8 Å². The van der Waals surface area contributed by atoms with Gasteiger partial charge in [0.15, 0.2) is 0 Å². The standard InChI is InChI=1S/C18H30N2O/c1-16(17-6-3-2-4-7-17)8-12-20-13-9-18(10-14-20)21-15-5-11-19/h2-4,6-7,16,18H,5,8-15,19H2,1H3. The maximum atomic E-state index is 5.86. The van der Waals surface area contributed by atoms with Gasteiger partial charge in [-0.05, 0) is 50.3 Å². The minimum Gasteiger partial charge on any atom is -0.378 e. The summed E-state index contributed by atoms with van der Waals surface area (Å²) in [5.41, 5.74) is 6.95. The lowest BCUT2D eigenvalue weighted by Crippen LogP contribution is -2.38. The lowest BCUT2D eigenvalue weighted by Gasteiger charge is -2.32. The minimum atomic E-state index is 0.458. The lowest BCUT2D eigenvalue weighted by molar-refractivity contribution is 0.00687. The highest BCUT2D eigenvalue weighted by Crippen LogP contribution is 2.20. The molecule has 0 radical (unpaired) electrons. The van der Waals surface area contributed by atoms with Crippen LogP contribution in [0, 0.1) is 0 Å². The molecule has 3 nitrogen and oxygen atoms in total. The Morgan fingerprint density at radius 3 is 2.62 bits per heavy atom. The summed E-state index contributed by atoms with van der Waals surface area (Å²) in [6, 6.07) is 10.8. The van der Waals surface area contributed by atoms with Gasteiger partial charge in [0, 0.05) is 19.7 Å². The van der Waals surface area contributed by atoms with E-state index in [1.54, 1.807) is 0 Å². The molecule has 3 heteroatoms. The van der Waals surface area contributed by atoms with E-state index < -0.39 is 0 Å². The van der Waals surface area contributed by atoms with Gasteiger partial charge in [-0.1, -0.05) is 37.3 Å². The number of rotatable bonds is 8. The predicted molar refractivity (Wildman–Crippen MR) is 88.6 cm³/mol. The molecule has 0 aromatic heterocycles. The van der Waals surface area contributed by atoms with Gasteiger partial charge in [0.25, 0.3) is 0 Å². The zero-order valence-corrected chi connectivity index (χ0v) is 13.3. The average Bonchev–Trinajstić information content (AvgIpc) is 2.55. The van der Waals surface area contributed by atoms with Crippen LogP contribution in [0.25, 0.3) is 0 Å². The van der Waals surface area contributed by atoms with Gasteiger partial charge in [0.05, 0.1) is 6.10 Å². The molecule has 1 aliphatic rings. The highest BCUT2D eigenvalue weighted by Gasteiger charge is 2.19. The molecule has 1 aliphatic heterocycles. The van der Waals surface area contributed by atoms with Crippen molar-refractivity contribution < 1.29 is 4.74 Å². The second-order valence-electron chi connectivity index (χ2n) is 6.15.